The molecule has 3 amide bonds. The summed E-state index contributed by atoms with van der Waals surface area (Å²) in [6.07, 6.45) is 0.671. The van der Waals surface area contributed by atoms with Crippen LogP contribution in [0.5, 0.6) is 0 Å². The number of rotatable bonds is 2. The Morgan fingerprint density at radius 2 is 1.85 bits per heavy atom. The minimum Gasteiger partial charge on any atom is -0.352 e. The molecule has 0 aliphatic carbocycles. The maximum atomic E-state index is 13.0. The highest BCUT2D eigenvalue weighted by molar-refractivity contribution is 7.89. The highest BCUT2D eigenvalue weighted by atomic mass is 32.2. The van der Waals surface area contributed by atoms with Crippen LogP contribution in [0.4, 0.5) is 0 Å². The van der Waals surface area contributed by atoms with E-state index in [-0.39, 0.29) is 43.0 Å². The summed E-state index contributed by atoms with van der Waals surface area (Å²) in [6.45, 7) is 1.16. The van der Waals surface area contributed by atoms with Crippen LogP contribution in [0.3, 0.4) is 0 Å². The van der Waals surface area contributed by atoms with Gasteiger partial charge in [0, 0.05) is 38.3 Å². The Balaban J connectivity index is 1.60. The maximum absolute atomic E-state index is 13.0. The number of carbonyl (C=O) groups excluding carboxylic acids is 3. The number of carbonyl (C=O) groups is 3. The number of hydrogen-bond donors (Lipinski definition) is 2. The molecule has 3 heterocycles. The van der Waals surface area contributed by atoms with Gasteiger partial charge in [-0.2, -0.15) is 4.31 Å². The molecule has 1 aromatic rings. The molecular weight excluding hydrogens is 360 g/mol. The first-order valence-corrected chi connectivity index (χ1v) is 9.82. The predicted octanol–water partition coefficient (Wildman–Crippen LogP) is -1.70. The lowest BCUT2D eigenvalue weighted by Crippen LogP contribution is -2.65. The quantitative estimate of drug-likeness (QED) is 0.596. The van der Waals surface area contributed by atoms with Crippen LogP contribution < -0.4 is 10.6 Å². The number of benzene rings is 1. The zero-order chi connectivity index (χ0) is 18.5. The fourth-order valence-electron chi connectivity index (χ4n) is 3.60. The van der Waals surface area contributed by atoms with Gasteiger partial charge in [0.05, 0.1) is 10.9 Å². The molecule has 0 saturated carbocycles. The third-order valence-electron chi connectivity index (χ3n) is 5.04. The number of fused-ring (bicyclic) bond motifs is 2. The minimum absolute atomic E-state index is 0.0629. The van der Waals surface area contributed by atoms with Crippen molar-refractivity contribution in [3.63, 3.8) is 0 Å². The molecule has 1 unspecified atom stereocenters. The fraction of sp³-hybridized carbons (Fsp3) is 0.438. The van der Waals surface area contributed by atoms with Crippen LogP contribution in [-0.2, 0) is 26.0 Å². The standard InChI is InChI=1S/C16H18N4O5S/c21-14-13-7-12(2-1-10(13)3-4-17-14)26(24,25)19-5-6-20-11(9-19)8-18-15(22)16(20)23/h1-2,7,11H,3-6,8-9H2,(H,17,21)(H,18,22). The van der Waals surface area contributed by atoms with Gasteiger partial charge in [0.2, 0.25) is 10.0 Å². The van der Waals surface area contributed by atoms with Crippen LogP contribution in [0.1, 0.15) is 15.9 Å². The van der Waals surface area contributed by atoms with E-state index in [1.54, 1.807) is 6.07 Å². The summed E-state index contributed by atoms with van der Waals surface area (Å²) < 4.78 is 27.3. The van der Waals surface area contributed by atoms with Gasteiger partial charge in [-0.25, -0.2) is 8.42 Å². The molecule has 0 spiro atoms. The van der Waals surface area contributed by atoms with Crippen molar-refractivity contribution in [3.05, 3.63) is 29.3 Å². The second-order valence-electron chi connectivity index (χ2n) is 6.55. The second-order valence-corrected chi connectivity index (χ2v) is 8.49. The summed E-state index contributed by atoms with van der Waals surface area (Å²) in [5.41, 5.74) is 1.22. The minimum atomic E-state index is -3.80. The summed E-state index contributed by atoms with van der Waals surface area (Å²) in [6, 6.07) is 4.23. The average molecular weight is 378 g/mol. The molecule has 9 nitrogen and oxygen atoms in total. The molecule has 0 radical (unpaired) electrons. The number of sulfonamides is 1. The van der Waals surface area contributed by atoms with Crippen molar-refractivity contribution in [2.75, 3.05) is 32.7 Å². The predicted molar refractivity (Wildman–Crippen MR) is 89.7 cm³/mol. The molecular formula is C16H18N4O5S. The molecule has 2 N–H and O–H groups in total. The zero-order valence-corrected chi connectivity index (χ0v) is 14.7. The van der Waals surface area contributed by atoms with E-state index < -0.39 is 21.8 Å². The van der Waals surface area contributed by atoms with Crippen molar-refractivity contribution in [2.45, 2.75) is 17.4 Å². The fourth-order valence-corrected chi connectivity index (χ4v) is 5.10. The van der Waals surface area contributed by atoms with Crippen LogP contribution >= 0.6 is 0 Å². The summed E-state index contributed by atoms with van der Waals surface area (Å²) in [7, 11) is -3.80. The van der Waals surface area contributed by atoms with Crippen molar-refractivity contribution in [1.82, 2.24) is 19.8 Å². The van der Waals surface area contributed by atoms with E-state index in [2.05, 4.69) is 10.6 Å². The first-order chi connectivity index (χ1) is 12.4. The van der Waals surface area contributed by atoms with Crippen molar-refractivity contribution in [3.8, 4) is 0 Å². The number of amides is 3. The van der Waals surface area contributed by atoms with E-state index in [0.717, 1.165) is 5.56 Å². The Bertz CT molecular complexity index is 913. The van der Waals surface area contributed by atoms with E-state index in [9.17, 15) is 22.8 Å². The van der Waals surface area contributed by atoms with Gasteiger partial charge in [-0.05, 0) is 24.1 Å². The summed E-state index contributed by atoms with van der Waals surface area (Å²) in [4.78, 5) is 36.8. The molecule has 2 saturated heterocycles. The normalized spacial score (nSPS) is 23.8. The molecule has 3 aliphatic heterocycles. The lowest BCUT2D eigenvalue weighted by molar-refractivity contribution is -0.151. The SMILES string of the molecule is O=C1NCC2CN(S(=O)(=O)c3ccc4c(c3)C(=O)NCC4)CCN2C1=O. The molecule has 1 atom stereocenters. The van der Waals surface area contributed by atoms with Crippen molar-refractivity contribution in [2.24, 2.45) is 0 Å². The Hall–Kier alpha value is -2.46. The molecule has 3 aliphatic rings. The van der Waals surface area contributed by atoms with Gasteiger partial charge in [-0.15, -0.1) is 0 Å². The van der Waals surface area contributed by atoms with E-state index in [1.165, 1.54) is 21.3 Å². The Kier molecular flexibility index (Phi) is 3.96. The lowest BCUT2D eigenvalue weighted by atomic mass is 10.0. The third-order valence-corrected chi connectivity index (χ3v) is 6.90. The molecule has 0 bridgehead atoms. The first kappa shape index (κ1) is 17.0. The smallest absolute Gasteiger partial charge is 0.312 e. The van der Waals surface area contributed by atoms with Crippen LogP contribution in [0.2, 0.25) is 0 Å². The van der Waals surface area contributed by atoms with E-state index >= 15 is 0 Å². The Labute approximate surface area is 150 Å². The number of hydrogen-bond acceptors (Lipinski definition) is 5. The van der Waals surface area contributed by atoms with E-state index in [1.807, 2.05) is 0 Å². The van der Waals surface area contributed by atoms with Gasteiger partial charge in [-0.1, -0.05) is 6.07 Å². The first-order valence-electron chi connectivity index (χ1n) is 8.38. The highest BCUT2D eigenvalue weighted by Crippen LogP contribution is 2.24. The van der Waals surface area contributed by atoms with Crippen molar-refractivity contribution in [1.29, 1.82) is 0 Å². The topological polar surface area (TPSA) is 116 Å². The summed E-state index contributed by atoms with van der Waals surface area (Å²) in [5.74, 6) is -1.55. The van der Waals surface area contributed by atoms with Gasteiger partial charge < -0.3 is 15.5 Å². The summed E-state index contributed by atoms with van der Waals surface area (Å²) in [5, 5.41) is 5.20. The second kappa shape index (κ2) is 6.06. The zero-order valence-electron chi connectivity index (χ0n) is 13.9. The maximum Gasteiger partial charge on any atom is 0.312 e. The number of piperazine rings is 2. The molecule has 2 fully saturated rings. The number of nitrogens with one attached hydrogen (secondary N) is 2. The average Bonchev–Trinajstić information content (AvgIpc) is 2.64. The van der Waals surface area contributed by atoms with Crippen LogP contribution in [-0.4, -0.2) is 74.1 Å². The Morgan fingerprint density at radius 1 is 1.04 bits per heavy atom. The van der Waals surface area contributed by atoms with Gasteiger partial charge in [0.15, 0.2) is 0 Å². The molecule has 26 heavy (non-hydrogen) atoms. The van der Waals surface area contributed by atoms with Crippen LogP contribution in [0.25, 0.3) is 0 Å². The molecule has 10 heteroatoms. The van der Waals surface area contributed by atoms with Crippen molar-refractivity contribution < 1.29 is 22.8 Å². The lowest BCUT2D eigenvalue weighted by Gasteiger charge is -2.42. The van der Waals surface area contributed by atoms with Crippen LogP contribution in [0.15, 0.2) is 23.1 Å². The van der Waals surface area contributed by atoms with Crippen LogP contribution in [0, 0.1) is 0 Å². The molecule has 0 aromatic heterocycles. The monoisotopic (exact) mass is 378 g/mol. The van der Waals surface area contributed by atoms with E-state index in [0.29, 0.717) is 18.5 Å². The summed E-state index contributed by atoms with van der Waals surface area (Å²) >= 11 is 0. The highest BCUT2D eigenvalue weighted by Gasteiger charge is 2.41. The molecule has 1 aromatic carbocycles. The van der Waals surface area contributed by atoms with Gasteiger partial charge in [0.1, 0.15) is 0 Å². The largest absolute Gasteiger partial charge is 0.352 e. The van der Waals surface area contributed by atoms with Gasteiger partial charge in [0.25, 0.3) is 5.91 Å². The number of nitrogens with zero attached hydrogens (tertiary/aromatic N) is 2. The van der Waals surface area contributed by atoms with E-state index in [4.69, 9.17) is 0 Å². The third kappa shape index (κ3) is 2.65. The van der Waals surface area contributed by atoms with Gasteiger partial charge >= 0.3 is 11.8 Å². The van der Waals surface area contributed by atoms with Gasteiger partial charge in [-0.3, -0.25) is 14.4 Å². The molecule has 138 valence electrons. The van der Waals surface area contributed by atoms with Crippen molar-refractivity contribution >= 4 is 27.7 Å². The molecule has 4 rings (SSSR count). The Morgan fingerprint density at radius 3 is 2.65 bits per heavy atom.